The summed E-state index contributed by atoms with van der Waals surface area (Å²) in [6, 6.07) is 10.6. The first-order valence-electron chi connectivity index (χ1n) is 7.67. The number of hydrogen-bond acceptors (Lipinski definition) is 3. The first-order valence-corrected chi connectivity index (χ1v) is 9.15. The number of carbonyl (C=O) groups excluding carboxylic acids is 1. The molecule has 1 N–H and O–H groups in total. The lowest BCUT2D eigenvalue weighted by Crippen LogP contribution is -2.31. The highest BCUT2D eigenvalue weighted by Gasteiger charge is 2.31. The molecule has 0 saturated carbocycles. The second-order valence-electron chi connectivity index (χ2n) is 5.83. The van der Waals surface area contributed by atoms with E-state index in [-0.39, 0.29) is 24.8 Å². The lowest BCUT2D eigenvalue weighted by atomic mass is 10.1. The molecule has 1 amide bonds. The van der Waals surface area contributed by atoms with Gasteiger partial charge >= 0.3 is 0 Å². The van der Waals surface area contributed by atoms with Gasteiger partial charge in [0.05, 0.1) is 0 Å². The van der Waals surface area contributed by atoms with Crippen LogP contribution in [-0.4, -0.2) is 27.4 Å². The average molecular weight is 366 g/mol. The van der Waals surface area contributed by atoms with Gasteiger partial charge in [-0.05, 0) is 42.3 Å². The van der Waals surface area contributed by atoms with E-state index in [0.29, 0.717) is 12.2 Å². The van der Waals surface area contributed by atoms with Crippen molar-refractivity contribution < 1.29 is 22.0 Å². The molecule has 1 heterocycles. The van der Waals surface area contributed by atoms with Crippen LogP contribution in [0.4, 0.5) is 14.5 Å². The fourth-order valence-corrected chi connectivity index (χ4v) is 3.95. The maximum absolute atomic E-state index is 13.7. The molecule has 8 heteroatoms. The fraction of sp³-hybridized carbons (Fsp3) is 0.235. The van der Waals surface area contributed by atoms with Crippen LogP contribution in [0.2, 0.25) is 0 Å². The summed E-state index contributed by atoms with van der Waals surface area (Å²) in [6.07, 6.45) is 0.164. The number of hydrogen-bond donors (Lipinski definition) is 1. The number of rotatable bonds is 5. The molecule has 2 aromatic rings. The number of sulfonamides is 1. The van der Waals surface area contributed by atoms with E-state index in [4.69, 9.17) is 0 Å². The smallest absolute Gasteiger partial charge is 0.243 e. The monoisotopic (exact) mass is 366 g/mol. The molecule has 0 spiro atoms. The zero-order chi connectivity index (χ0) is 18.0. The minimum Gasteiger partial charge on any atom is -0.312 e. The highest BCUT2D eigenvalue weighted by atomic mass is 32.2. The van der Waals surface area contributed by atoms with Crippen molar-refractivity contribution in [2.45, 2.75) is 11.3 Å². The van der Waals surface area contributed by atoms with E-state index in [2.05, 4.69) is 4.72 Å². The van der Waals surface area contributed by atoms with Crippen LogP contribution in [0.15, 0.2) is 53.4 Å². The second kappa shape index (κ2) is 6.89. The number of halogens is 2. The molecule has 2 aromatic carbocycles. The Morgan fingerprint density at radius 3 is 2.44 bits per heavy atom. The van der Waals surface area contributed by atoms with Gasteiger partial charge in [0.2, 0.25) is 15.9 Å². The summed E-state index contributed by atoms with van der Waals surface area (Å²) in [7, 11) is -3.99. The minimum absolute atomic E-state index is 0.0140. The van der Waals surface area contributed by atoms with Gasteiger partial charge in [-0.2, -0.15) is 0 Å². The Morgan fingerprint density at radius 1 is 1.08 bits per heavy atom. The molecule has 0 aromatic heterocycles. The number of nitrogens with one attached hydrogen (secondary N) is 1. The number of carbonyl (C=O) groups is 1. The third kappa shape index (κ3) is 3.85. The lowest BCUT2D eigenvalue weighted by Gasteiger charge is -2.17. The van der Waals surface area contributed by atoms with Crippen LogP contribution >= 0.6 is 0 Å². The number of benzene rings is 2. The number of anilines is 1. The van der Waals surface area contributed by atoms with Crippen molar-refractivity contribution in [3.8, 4) is 0 Å². The van der Waals surface area contributed by atoms with E-state index in [9.17, 15) is 22.0 Å². The molecular weight excluding hydrogens is 350 g/mol. The normalized spacial score (nSPS) is 17.9. The summed E-state index contributed by atoms with van der Waals surface area (Å²) >= 11 is 0. The Labute approximate surface area is 144 Å². The van der Waals surface area contributed by atoms with Crippen molar-refractivity contribution in [3.05, 3.63) is 60.2 Å². The molecule has 3 rings (SSSR count). The topological polar surface area (TPSA) is 66.5 Å². The van der Waals surface area contributed by atoms with Crippen molar-refractivity contribution >= 4 is 21.6 Å². The molecular formula is C17H16F2N2O3S. The third-order valence-corrected chi connectivity index (χ3v) is 5.49. The summed E-state index contributed by atoms with van der Waals surface area (Å²) in [4.78, 5) is 13.2. The lowest BCUT2D eigenvalue weighted by molar-refractivity contribution is -0.117. The first kappa shape index (κ1) is 17.5. The van der Waals surface area contributed by atoms with E-state index in [1.165, 1.54) is 47.4 Å². The molecule has 5 nitrogen and oxygen atoms in total. The summed E-state index contributed by atoms with van der Waals surface area (Å²) in [5.74, 6) is -1.64. The van der Waals surface area contributed by atoms with E-state index in [0.717, 1.165) is 6.07 Å². The quantitative estimate of drug-likeness (QED) is 0.883. The van der Waals surface area contributed by atoms with Gasteiger partial charge in [0, 0.05) is 25.2 Å². The molecule has 0 radical (unpaired) electrons. The van der Waals surface area contributed by atoms with Crippen LogP contribution in [0, 0.1) is 17.6 Å². The molecule has 0 unspecified atom stereocenters. The van der Waals surface area contributed by atoms with Gasteiger partial charge in [-0.3, -0.25) is 4.79 Å². The zero-order valence-electron chi connectivity index (χ0n) is 13.2. The summed E-state index contributed by atoms with van der Waals surface area (Å²) in [6.45, 7) is 0.324. The van der Waals surface area contributed by atoms with Crippen molar-refractivity contribution in [2.75, 3.05) is 18.0 Å². The Morgan fingerprint density at radius 2 is 1.76 bits per heavy atom. The Bertz CT molecular complexity index is 885. The molecule has 0 aliphatic carbocycles. The minimum atomic E-state index is -3.99. The van der Waals surface area contributed by atoms with Crippen LogP contribution in [0.3, 0.4) is 0 Å². The van der Waals surface area contributed by atoms with Gasteiger partial charge in [-0.15, -0.1) is 0 Å². The van der Waals surface area contributed by atoms with Crippen LogP contribution in [0.5, 0.6) is 0 Å². The Kier molecular flexibility index (Phi) is 4.82. The summed E-state index contributed by atoms with van der Waals surface area (Å²) < 4.78 is 53.4. The predicted octanol–water partition coefficient (Wildman–Crippen LogP) is 2.30. The van der Waals surface area contributed by atoms with Gasteiger partial charge in [0.1, 0.15) is 16.5 Å². The first-order chi connectivity index (χ1) is 11.9. The van der Waals surface area contributed by atoms with Gasteiger partial charge in [0.15, 0.2) is 0 Å². The largest absolute Gasteiger partial charge is 0.312 e. The molecule has 1 fully saturated rings. The molecule has 25 heavy (non-hydrogen) atoms. The number of nitrogens with zero attached hydrogens (tertiary/aromatic N) is 1. The maximum Gasteiger partial charge on any atom is 0.243 e. The number of amides is 1. The second-order valence-corrected chi connectivity index (χ2v) is 7.57. The zero-order valence-corrected chi connectivity index (χ0v) is 14.0. The molecule has 1 atom stereocenters. The van der Waals surface area contributed by atoms with Gasteiger partial charge in [-0.1, -0.05) is 12.1 Å². The Balaban J connectivity index is 1.66. The maximum atomic E-state index is 13.7. The van der Waals surface area contributed by atoms with Gasteiger partial charge < -0.3 is 4.90 Å². The van der Waals surface area contributed by atoms with Gasteiger partial charge in [-0.25, -0.2) is 21.9 Å². The van der Waals surface area contributed by atoms with Crippen LogP contribution in [0.1, 0.15) is 6.42 Å². The van der Waals surface area contributed by atoms with E-state index in [1.54, 1.807) is 0 Å². The summed E-state index contributed by atoms with van der Waals surface area (Å²) in [5.41, 5.74) is 0.561. The third-order valence-electron chi connectivity index (χ3n) is 4.03. The van der Waals surface area contributed by atoms with Crippen molar-refractivity contribution in [1.82, 2.24) is 4.72 Å². The van der Waals surface area contributed by atoms with Gasteiger partial charge in [0.25, 0.3) is 0 Å². The highest BCUT2D eigenvalue weighted by Crippen LogP contribution is 2.25. The molecule has 1 aliphatic heterocycles. The van der Waals surface area contributed by atoms with E-state index < -0.39 is 26.6 Å². The SMILES string of the molecule is O=C1C[C@@H](CNS(=O)(=O)c2ccccc2F)CN1c1ccc(F)cc1. The predicted molar refractivity (Wildman–Crippen MR) is 88.4 cm³/mol. The summed E-state index contributed by atoms with van der Waals surface area (Å²) in [5, 5.41) is 0. The molecule has 132 valence electrons. The Hall–Kier alpha value is -2.32. The van der Waals surface area contributed by atoms with Crippen molar-refractivity contribution in [3.63, 3.8) is 0 Å². The molecule has 1 aliphatic rings. The highest BCUT2D eigenvalue weighted by molar-refractivity contribution is 7.89. The van der Waals surface area contributed by atoms with Crippen molar-refractivity contribution in [2.24, 2.45) is 5.92 Å². The molecule has 1 saturated heterocycles. The van der Waals surface area contributed by atoms with Crippen molar-refractivity contribution in [1.29, 1.82) is 0 Å². The average Bonchev–Trinajstić information content (AvgIpc) is 2.95. The fourth-order valence-electron chi connectivity index (χ4n) is 2.76. The van der Waals surface area contributed by atoms with Crippen LogP contribution < -0.4 is 9.62 Å². The van der Waals surface area contributed by atoms with Crippen LogP contribution in [-0.2, 0) is 14.8 Å². The molecule has 0 bridgehead atoms. The van der Waals surface area contributed by atoms with Crippen LogP contribution in [0.25, 0.3) is 0 Å². The van der Waals surface area contributed by atoms with E-state index in [1.807, 2.05) is 0 Å². The van der Waals surface area contributed by atoms with E-state index >= 15 is 0 Å². The standard InChI is InChI=1S/C17H16F2N2O3S/c18-13-5-7-14(8-6-13)21-11-12(9-17(21)22)10-20-25(23,24)16-4-2-1-3-15(16)19/h1-8,12,20H,9-11H2/t12-/m0/s1.